The van der Waals surface area contributed by atoms with E-state index >= 15 is 0 Å². The molecule has 8 heteroatoms. The van der Waals surface area contributed by atoms with Gasteiger partial charge in [-0.2, -0.15) is 9.61 Å². The largest absolute Gasteiger partial charge is 0.381 e. The zero-order valence-electron chi connectivity index (χ0n) is 20.3. The number of anilines is 2. The molecule has 3 aliphatic rings. The third-order valence-corrected chi connectivity index (χ3v) is 7.47. The summed E-state index contributed by atoms with van der Waals surface area (Å²) >= 11 is 0. The molecule has 0 bridgehead atoms. The smallest absolute Gasteiger partial charge is 0.251 e. The molecule has 1 atom stereocenters. The van der Waals surface area contributed by atoms with E-state index < -0.39 is 0 Å². The minimum Gasteiger partial charge on any atom is -0.381 e. The van der Waals surface area contributed by atoms with Crippen molar-refractivity contribution < 1.29 is 9.53 Å². The highest BCUT2D eigenvalue weighted by Crippen LogP contribution is 2.30. The van der Waals surface area contributed by atoms with Crippen LogP contribution >= 0.6 is 0 Å². The Labute approximate surface area is 205 Å². The number of amides is 1. The van der Waals surface area contributed by atoms with Gasteiger partial charge in [-0.05, 0) is 56.2 Å². The SMILES string of the molecule is Cc1cc(-c2cnn3c(NCC4CCOC4)cc(NC4CCCC4)nc23)ccc1C(=O)NC1CC1. The maximum atomic E-state index is 12.6. The van der Waals surface area contributed by atoms with Gasteiger partial charge in [0.1, 0.15) is 11.6 Å². The minimum atomic E-state index is 0.0139. The monoisotopic (exact) mass is 474 g/mol. The first-order valence-corrected chi connectivity index (χ1v) is 13.0. The Balaban J connectivity index is 1.32. The molecule has 2 aliphatic carbocycles. The fraction of sp³-hybridized carbons (Fsp3) is 0.519. The predicted molar refractivity (Wildman–Crippen MR) is 137 cm³/mol. The third-order valence-electron chi connectivity index (χ3n) is 7.47. The average molecular weight is 475 g/mol. The molecule has 1 unspecified atom stereocenters. The van der Waals surface area contributed by atoms with Gasteiger partial charge in [0.25, 0.3) is 5.91 Å². The molecule has 1 saturated heterocycles. The number of benzene rings is 1. The van der Waals surface area contributed by atoms with Crippen LogP contribution in [0.15, 0.2) is 30.5 Å². The van der Waals surface area contributed by atoms with Gasteiger partial charge in [0.15, 0.2) is 5.65 Å². The maximum Gasteiger partial charge on any atom is 0.251 e. The third kappa shape index (κ3) is 4.85. The summed E-state index contributed by atoms with van der Waals surface area (Å²) < 4.78 is 7.45. The Hall–Kier alpha value is -3.13. The van der Waals surface area contributed by atoms with Gasteiger partial charge in [0, 0.05) is 48.3 Å². The number of hydrogen-bond donors (Lipinski definition) is 3. The number of hydrogen-bond acceptors (Lipinski definition) is 6. The highest BCUT2D eigenvalue weighted by molar-refractivity contribution is 5.97. The summed E-state index contributed by atoms with van der Waals surface area (Å²) in [7, 11) is 0. The Kier molecular flexibility index (Phi) is 6.06. The molecule has 3 N–H and O–H groups in total. The van der Waals surface area contributed by atoms with Crippen molar-refractivity contribution in [3.8, 4) is 11.1 Å². The molecule has 184 valence electrons. The number of fused-ring (bicyclic) bond motifs is 1. The minimum absolute atomic E-state index is 0.0139. The zero-order valence-corrected chi connectivity index (χ0v) is 20.3. The molecule has 2 aromatic heterocycles. The summed E-state index contributed by atoms with van der Waals surface area (Å²) in [5, 5.41) is 15.1. The normalized spacial score (nSPS) is 20.4. The molecule has 3 heterocycles. The van der Waals surface area contributed by atoms with Gasteiger partial charge in [0.2, 0.25) is 0 Å². The van der Waals surface area contributed by atoms with Crippen molar-refractivity contribution in [3.05, 3.63) is 41.6 Å². The van der Waals surface area contributed by atoms with Crippen LogP contribution < -0.4 is 16.0 Å². The Bertz CT molecular complexity index is 1220. The lowest BCUT2D eigenvalue weighted by Gasteiger charge is -2.17. The first kappa shape index (κ1) is 22.3. The van der Waals surface area contributed by atoms with E-state index in [9.17, 15) is 4.79 Å². The van der Waals surface area contributed by atoms with E-state index in [1.165, 1.54) is 25.7 Å². The lowest BCUT2D eigenvalue weighted by molar-refractivity contribution is 0.0950. The number of aromatic nitrogens is 3. The van der Waals surface area contributed by atoms with Gasteiger partial charge >= 0.3 is 0 Å². The summed E-state index contributed by atoms with van der Waals surface area (Å²) in [6, 6.07) is 8.89. The first-order valence-electron chi connectivity index (χ1n) is 13.0. The van der Waals surface area contributed by atoms with Gasteiger partial charge in [-0.1, -0.05) is 25.0 Å². The summed E-state index contributed by atoms with van der Waals surface area (Å²) in [5.41, 5.74) is 4.48. The molecule has 0 spiro atoms. The van der Waals surface area contributed by atoms with Gasteiger partial charge < -0.3 is 20.7 Å². The number of ether oxygens (including phenoxy) is 1. The van der Waals surface area contributed by atoms with Gasteiger partial charge in [-0.15, -0.1) is 0 Å². The fourth-order valence-corrected chi connectivity index (χ4v) is 5.22. The van der Waals surface area contributed by atoms with Crippen molar-refractivity contribution in [1.82, 2.24) is 19.9 Å². The Morgan fingerprint density at radius 2 is 1.97 bits per heavy atom. The summed E-state index contributed by atoms with van der Waals surface area (Å²) in [6.07, 6.45) is 10.0. The van der Waals surface area contributed by atoms with Crippen molar-refractivity contribution in [1.29, 1.82) is 0 Å². The topological polar surface area (TPSA) is 92.6 Å². The molecule has 8 nitrogen and oxygen atoms in total. The van der Waals surface area contributed by atoms with Crippen LogP contribution in [-0.2, 0) is 4.74 Å². The summed E-state index contributed by atoms with van der Waals surface area (Å²) in [5.74, 6) is 2.34. The molecule has 2 saturated carbocycles. The van der Waals surface area contributed by atoms with Crippen molar-refractivity contribution in [3.63, 3.8) is 0 Å². The molecule has 1 aromatic carbocycles. The molecule has 6 rings (SSSR count). The molecule has 1 amide bonds. The quantitative estimate of drug-likeness (QED) is 0.448. The highest BCUT2D eigenvalue weighted by atomic mass is 16.5. The second-order valence-electron chi connectivity index (χ2n) is 10.3. The molecular formula is C27H34N6O2. The number of carbonyl (C=O) groups is 1. The summed E-state index contributed by atoms with van der Waals surface area (Å²) in [4.78, 5) is 17.6. The fourth-order valence-electron chi connectivity index (χ4n) is 5.22. The Morgan fingerprint density at radius 3 is 2.71 bits per heavy atom. The second kappa shape index (κ2) is 9.49. The molecule has 1 aliphatic heterocycles. The predicted octanol–water partition coefficient (Wildman–Crippen LogP) is 4.40. The van der Waals surface area contributed by atoms with Crippen LogP contribution in [0.25, 0.3) is 16.8 Å². The van der Waals surface area contributed by atoms with E-state index in [0.717, 1.165) is 78.6 Å². The lowest BCUT2D eigenvalue weighted by atomic mass is 10.0. The van der Waals surface area contributed by atoms with Crippen LogP contribution in [0.4, 0.5) is 11.6 Å². The summed E-state index contributed by atoms with van der Waals surface area (Å²) in [6.45, 7) is 4.49. The molecular weight excluding hydrogens is 440 g/mol. The van der Waals surface area contributed by atoms with Crippen molar-refractivity contribution >= 4 is 23.2 Å². The lowest BCUT2D eigenvalue weighted by Crippen LogP contribution is -2.26. The van der Waals surface area contributed by atoms with Crippen LogP contribution in [0.5, 0.6) is 0 Å². The maximum absolute atomic E-state index is 12.6. The van der Waals surface area contributed by atoms with Gasteiger partial charge in [-0.25, -0.2) is 4.98 Å². The van der Waals surface area contributed by atoms with Gasteiger partial charge in [0.05, 0.1) is 12.8 Å². The second-order valence-corrected chi connectivity index (χ2v) is 10.3. The number of nitrogens with zero attached hydrogens (tertiary/aromatic N) is 3. The van der Waals surface area contributed by atoms with Crippen LogP contribution in [0.1, 0.15) is 60.9 Å². The number of carbonyl (C=O) groups excluding carboxylic acids is 1. The van der Waals surface area contributed by atoms with E-state index in [-0.39, 0.29) is 5.91 Å². The number of nitrogens with one attached hydrogen (secondary N) is 3. The van der Waals surface area contributed by atoms with Crippen LogP contribution in [-0.4, -0.2) is 52.3 Å². The van der Waals surface area contributed by atoms with Gasteiger partial charge in [-0.3, -0.25) is 4.79 Å². The van der Waals surface area contributed by atoms with Crippen LogP contribution in [0.3, 0.4) is 0 Å². The van der Waals surface area contributed by atoms with Crippen LogP contribution in [0.2, 0.25) is 0 Å². The van der Waals surface area contributed by atoms with E-state index in [0.29, 0.717) is 18.0 Å². The molecule has 35 heavy (non-hydrogen) atoms. The van der Waals surface area contributed by atoms with Crippen molar-refractivity contribution in [2.75, 3.05) is 30.4 Å². The number of rotatable bonds is 8. The van der Waals surface area contributed by atoms with Crippen LogP contribution in [0, 0.1) is 12.8 Å². The average Bonchev–Trinajstić information content (AvgIpc) is 3.26. The Morgan fingerprint density at radius 1 is 1.11 bits per heavy atom. The van der Waals surface area contributed by atoms with E-state index in [2.05, 4.69) is 28.1 Å². The standard InChI is InChI=1S/C27H34N6O2/c1-17-12-19(6-9-22(17)27(34)31-21-7-8-21)23-15-29-33-25(28-14-18-10-11-35-16-18)13-24(32-26(23)33)30-20-4-2-3-5-20/h6,9,12-13,15,18,20-21,28H,2-5,7-8,10-11,14,16H2,1H3,(H,30,32)(H,31,34). The van der Waals surface area contributed by atoms with Crippen molar-refractivity contribution in [2.45, 2.75) is 64.0 Å². The zero-order chi connectivity index (χ0) is 23.8. The molecule has 0 radical (unpaired) electrons. The van der Waals surface area contributed by atoms with Crippen molar-refractivity contribution in [2.24, 2.45) is 5.92 Å². The first-order chi connectivity index (χ1) is 17.1. The van der Waals surface area contributed by atoms with E-state index in [1.807, 2.05) is 29.8 Å². The van der Waals surface area contributed by atoms with E-state index in [1.54, 1.807) is 0 Å². The van der Waals surface area contributed by atoms with E-state index in [4.69, 9.17) is 14.8 Å². The molecule has 3 aromatic rings. The highest BCUT2D eigenvalue weighted by Gasteiger charge is 2.25. The number of aryl methyl sites for hydroxylation is 1. The molecule has 3 fully saturated rings.